The Hall–Kier alpha value is -3.39. The first kappa shape index (κ1) is 23.0. The first-order valence-electron chi connectivity index (χ1n) is 13.2. The second-order valence-corrected chi connectivity index (χ2v) is 10.0. The molecule has 2 aliphatic rings. The van der Waals surface area contributed by atoms with Crippen LogP contribution >= 0.6 is 0 Å². The van der Waals surface area contributed by atoms with Crippen LogP contribution in [0.4, 0.5) is 5.69 Å². The maximum Gasteiger partial charge on any atom is 0.329 e. The highest BCUT2D eigenvalue weighted by Crippen LogP contribution is 2.40. The molecule has 0 spiro atoms. The van der Waals surface area contributed by atoms with E-state index in [0.717, 1.165) is 58.1 Å². The van der Waals surface area contributed by atoms with Gasteiger partial charge >= 0.3 is 5.69 Å². The number of rotatable bonds is 7. The number of hydrogen-bond donors (Lipinski definition) is 1. The van der Waals surface area contributed by atoms with Gasteiger partial charge in [-0.05, 0) is 50.9 Å². The first-order chi connectivity index (χ1) is 17.7. The average Bonchev–Trinajstić information content (AvgIpc) is 3.06. The Labute approximate surface area is 210 Å². The standard InChI is InChI=1S/C28H34N6O2/c1-3-20-17-31-26-21(9-10-22-25(26)27-23(18-29-22)32(2)28(35)34(20)27)19-8-11-24(30-16-19)36-15-7-14-33-12-5-4-6-13-33/h8-11,16,18,20,31H,3-7,12-15,17H2,1-2H3. The van der Waals surface area contributed by atoms with Gasteiger partial charge in [-0.15, -0.1) is 0 Å². The van der Waals surface area contributed by atoms with Gasteiger partial charge in [-0.1, -0.05) is 19.4 Å². The maximum atomic E-state index is 13.1. The van der Waals surface area contributed by atoms with Gasteiger partial charge in [0.25, 0.3) is 0 Å². The molecule has 188 valence electrons. The van der Waals surface area contributed by atoms with Gasteiger partial charge < -0.3 is 15.0 Å². The molecule has 8 nitrogen and oxygen atoms in total. The summed E-state index contributed by atoms with van der Waals surface area (Å²) >= 11 is 0. The van der Waals surface area contributed by atoms with Gasteiger partial charge in [0.05, 0.1) is 46.5 Å². The zero-order valence-electron chi connectivity index (χ0n) is 21.2. The molecule has 1 unspecified atom stereocenters. The Morgan fingerprint density at radius 3 is 2.72 bits per heavy atom. The van der Waals surface area contributed by atoms with Crippen molar-refractivity contribution >= 4 is 27.6 Å². The topological polar surface area (TPSA) is 77.2 Å². The maximum absolute atomic E-state index is 13.1. The van der Waals surface area contributed by atoms with Crippen LogP contribution in [0.5, 0.6) is 5.88 Å². The number of benzene rings is 1. The zero-order chi connectivity index (χ0) is 24.6. The molecule has 1 N–H and O–H groups in total. The monoisotopic (exact) mass is 486 g/mol. The van der Waals surface area contributed by atoms with Gasteiger partial charge in [-0.25, -0.2) is 9.78 Å². The Morgan fingerprint density at radius 2 is 1.94 bits per heavy atom. The molecule has 2 aliphatic heterocycles. The van der Waals surface area contributed by atoms with Crippen LogP contribution in [0, 0.1) is 0 Å². The van der Waals surface area contributed by atoms with Crippen molar-refractivity contribution < 1.29 is 4.74 Å². The summed E-state index contributed by atoms with van der Waals surface area (Å²) in [6.45, 7) is 7.02. The Kier molecular flexibility index (Phi) is 6.13. The van der Waals surface area contributed by atoms with E-state index in [0.29, 0.717) is 19.0 Å². The van der Waals surface area contributed by atoms with Crippen molar-refractivity contribution in [3.05, 3.63) is 47.1 Å². The van der Waals surface area contributed by atoms with Gasteiger partial charge in [0.15, 0.2) is 0 Å². The lowest BCUT2D eigenvalue weighted by atomic mass is 10.0. The highest BCUT2D eigenvalue weighted by atomic mass is 16.5. The van der Waals surface area contributed by atoms with E-state index in [9.17, 15) is 4.79 Å². The van der Waals surface area contributed by atoms with Crippen molar-refractivity contribution in [1.29, 1.82) is 0 Å². The van der Waals surface area contributed by atoms with Gasteiger partial charge in [-0.2, -0.15) is 0 Å². The second-order valence-electron chi connectivity index (χ2n) is 10.0. The molecule has 8 heteroatoms. The van der Waals surface area contributed by atoms with Crippen LogP contribution < -0.4 is 15.7 Å². The predicted octanol–water partition coefficient (Wildman–Crippen LogP) is 4.58. The summed E-state index contributed by atoms with van der Waals surface area (Å²) < 4.78 is 9.61. The Balaban J connectivity index is 1.29. The van der Waals surface area contributed by atoms with E-state index in [4.69, 9.17) is 4.74 Å². The van der Waals surface area contributed by atoms with E-state index in [1.165, 1.54) is 32.4 Å². The van der Waals surface area contributed by atoms with Crippen LogP contribution in [0.2, 0.25) is 0 Å². The molecule has 0 bridgehead atoms. The lowest BCUT2D eigenvalue weighted by Gasteiger charge is -2.26. The number of pyridine rings is 2. The summed E-state index contributed by atoms with van der Waals surface area (Å²) in [6, 6.07) is 8.23. The van der Waals surface area contributed by atoms with E-state index in [2.05, 4.69) is 39.2 Å². The number of nitrogens with zero attached hydrogens (tertiary/aromatic N) is 5. The molecule has 1 saturated heterocycles. The van der Waals surface area contributed by atoms with Gasteiger partial charge in [0.1, 0.15) is 0 Å². The quantitative estimate of drug-likeness (QED) is 0.385. The number of ether oxygens (including phenoxy) is 1. The summed E-state index contributed by atoms with van der Waals surface area (Å²) in [5, 5.41) is 4.65. The number of anilines is 1. The van der Waals surface area contributed by atoms with Crippen LogP contribution in [-0.4, -0.2) is 56.8 Å². The fraction of sp³-hybridized carbons (Fsp3) is 0.464. The summed E-state index contributed by atoms with van der Waals surface area (Å²) in [6.07, 6.45) is 9.58. The lowest BCUT2D eigenvalue weighted by molar-refractivity contribution is 0.203. The predicted molar refractivity (Wildman–Crippen MR) is 144 cm³/mol. The lowest BCUT2D eigenvalue weighted by Crippen LogP contribution is -2.31. The first-order valence-corrected chi connectivity index (χ1v) is 13.2. The third-order valence-corrected chi connectivity index (χ3v) is 7.80. The number of piperidine rings is 1. The molecule has 0 amide bonds. The van der Waals surface area contributed by atoms with Crippen LogP contribution in [0.25, 0.3) is 33.1 Å². The average molecular weight is 487 g/mol. The fourth-order valence-electron chi connectivity index (χ4n) is 5.78. The molecule has 1 aromatic carbocycles. The van der Waals surface area contributed by atoms with E-state index in [1.54, 1.807) is 4.57 Å². The van der Waals surface area contributed by atoms with Crippen molar-refractivity contribution in [2.45, 2.75) is 45.1 Å². The molecule has 5 heterocycles. The Morgan fingerprint density at radius 1 is 1.08 bits per heavy atom. The van der Waals surface area contributed by atoms with Crippen LogP contribution in [0.3, 0.4) is 0 Å². The minimum atomic E-state index is 0.00894. The van der Waals surface area contributed by atoms with Crippen molar-refractivity contribution in [3.63, 3.8) is 0 Å². The molecule has 1 atom stereocenters. The fourth-order valence-corrected chi connectivity index (χ4v) is 5.78. The molecule has 1 fully saturated rings. The van der Waals surface area contributed by atoms with Crippen LogP contribution in [-0.2, 0) is 7.05 Å². The number of aromatic nitrogens is 4. The molecule has 36 heavy (non-hydrogen) atoms. The van der Waals surface area contributed by atoms with E-state index < -0.39 is 0 Å². The van der Waals surface area contributed by atoms with Crippen molar-refractivity contribution in [1.82, 2.24) is 24.0 Å². The molecular weight excluding hydrogens is 452 g/mol. The smallest absolute Gasteiger partial charge is 0.329 e. The third kappa shape index (κ3) is 3.93. The number of hydrogen-bond acceptors (Lipinski definition) is 6. The van der Waals surface area contributed by atoms with Crippen molar-refractivity contribution in [3.8, 4) is 17.0 Å². The van der Waals surface area contributed by atoms with Crippen LogP contribution in [0.15, 0.2) is 41.5 Å². The number of nitrogens with one attached hydrogen (secondary N) is 1. The Bertz CT molecular complexity index is 1450. The molecule has 3 aromatic heterocycles. The number of imidazole rings is 1. The van der Waals surface area contributed by atoms with E-state index >= 15 is 0 Å². The largest absolute Gasteiger partial charge is 0.478 e. The third-order valence-electron chi connectivity index (χ3n) is 7.80. The minimum absolute atomic E-state index is 0.00894. The zero-order valence-corrected chi connectivity index (χ0v) is 21.2. The molecule has 4 aromatic rings. The number of aryl methyl sites for hydroxylation is 1. The molecule has 6 rings (SSSR count). The van der Waals surface area contributed by atoms with Crippen LogP contribution in [0.1, 0.15) is 45.1 Å². The highest BCUT2D eigenvalue weighted by molar-refractivity contribution is 6.13. The van der Waals surface area contributed by atoms with Gasteiger partial charge in [0, 0.05) is 43.5 Å². The number of likely N-dealkylation sites (tertiary alicyclic amines) is 1. The minimum Gasteiger partial charge on any atom is -0.478 e. The summed E-state index contributed by atoms with van der Waals surface area (Å²) in [5.41, 5.74) is 5.79. The molecule has 0 saturated carbocycles. The van der Waals surface area contributed by atoms with E-state index in [-0.39, 0.29) is 11.7 Å². The van der Waals surface area contributed by atoms with Gasteiger partial charge in [0.2, 0.25) is 5.88 Å². The second kappa shape index (κ2) is 9.58. The summed E-state index contributed by atoms with van der Waals surface area (Å²) in [4.78, 5) is 25.0. The molecule has 0 aliphatic carbocycles. The SMILES string of the molecule is CCC1CNc2c(-c3ccc(OCCCN4CCCCC4)nc3)ccc3ncc4c(c23)n1c(=O)n4C. The van der Waals surface area contributed by atoms with Crippen molar-refractivity contribution in [2.24, 2.45) is 7.05 Å². The van der Waals surface area contributed by atoms with Crippen molar-refractivity contribution in [2.75, 3.05) is 38.1 Å². The van der Waals surface area contributed by atoms with E-state index in [1.807, 2.05) is 36.1 Å². The molecular formula is C28H34N6O2. The molecule has 0 radical (unpaired) electrons. The highest BCUT2D eigenvalue weighted by Gasteiger charge is 2.26. The summed E-state index contributed by atoms with van der Waals surface area (Å²) in [5.74, 6) is 0.656. The summed E-state index contributed by atoms with van der Waals surface area (Å²) in [7, 11) is 1.83. The normalized spacial score (nSPS) is 18.0. The van der Waals surface area contributed by atoms with Gasteiger partial charge in [-0.3, -0.25) is 14.1 Å².